The lowest BCUT2D eigenvalue weighted by atomic mass is 10.2. The first-order valence-electron chi connectivity index (χ1n) is 3.49. The minimum atomic E-state index is -5.63. The van der Waals surface area contributed by atoms with Crippen molar-refractivity contribution in [1.29, 1.82) is 0 Å². The fourth-order valence-electron chi connectivity index (χ4n) is 1.03. The highest BCUT2D eigenvalue weighted by Gasteiger charge is 2.61. The van der Waals surface area contributed by atoms with Crippen LogP contribution in [-0.4, -0.2) is 21.2 Å². The molecule has 1 aromatic heterocycles. The van der Waals surface area contributed by atoms with Gasteiger partial charge in [0, 0.05) is 7.05 Å². The summed E-state index contributed by atoms with van der Waals surface area (Å²) in [5.41, 5.74) is -1.67. The minimum Gasteiger partial charge on any atom is -0.246 e. The van der Waals surface area contributed by atoms with Gasteiger partial charge in [-0.25, -0.2) is 4.68 Å². The van der Waals surface area contributed by atoms with Crippen LogP contribution in [0.1, 0.15) is 11.4 Å². The van der Waals surface area contributed by atoms with Crippen LogP contribution in [0.2, 0.25) is 0 Å². The molecule has 0 aromatic carbocycles. The number of nitrogens with zero attached hydrogens (tertiary/aromatic N) is 3. The molecule has 14 heavy (non-hydrogen) atoms. The number of aryl methyl sites for hydroxylation is 2. The van der Waals surface area contributed by atoms with E-state index >= 15 is 0 Å². The molecule has 0 aliphatic rings. The van der Waals surface area contributed by atoms with Crippen LogP contribution in [-0.2, 0) is 13.0 Å². The first kappa shape index (κ1) is 10.9. The normalized spacial score (nSPS) is 13.4. The van der Waals surface area contributed by atoms with Gasteiger partial charge in [-0.1, -0.05) is 5.21 Å². The highest BCUT2D eigenvalue weighted by molar-refractivity contribution is 5.16. The summed E-state index contributed by atoms with van der Waals surface area (Å²) in [6.07, 6.45) is -5.63. The quantitative estimate of drug-likeness (QED) is 0.668. The van der Waals surface area contributed by atoms with Gasteiger partial charge in [0.1, 0.15) is 5.69 Å². The summed E-state index contributed by atoms with van der Waals surface area (Å²) >= 11 is 0. The minimum absolute atomic E-state index is 0.419. The Morgan fingerprint density at radius 3 is 1.93 bits per heavy atom. The highest BCUT2D eigenvalue weighted by atomic mass is 19.4. The zero-order valence-electron chi connectivity index (χ0n) is 7.23. The van der Waals surface area contributed by atoms with Crippen molar-refractivity contribution in [1.82, 2.24) is 15.0 Å². The van der Waals surface area contributed by atoms with Crippen molar-refractivity contribution in [3.8, 4) is 0 Å². The van der Waals surface area contributed by atoms with Crippen LogP contribution in [0.15, 0.2) is 0 Å². The van der Waals surface area contributed by atoms with Crippen LogP contribution in [0.5, 0.6) is 0 Å². The fraction of sp³-hybridized carbons (Fsp3) is 0.667. The van der Waals surface area contributed by atoms with E-state index in [0.29, 0.717) is 4.68 Å². The Hall–Kier alpha value is -1.21. The lowest BCUT2D eigenvalue weighted by Crippen LogP contribution is -2.36. The van der Waals surface area contributed by atoms with Gasteiger partial charge in [-0.2, -0.15) is 22.0 Å². The molecule has 0 atom stereocenters. The second-order valence-electron chi connectivity index (χ2n) is 2.72. The average Bonchev–Trinajstić information content (AvgIpc) is 2.28. The maximum Gasteiger partial charge on any atom is 0.459 e. The van der Waals surface area contributed by atoms with E-state index in [1.807, 2.05) is 0 Å². The molecule has 0 spiro atoms. The molecule has 0 unspecified atom stereocenters. The van der Waals surface area contributed by atoms with Crippen LogP contribution in [0.3, 0.4) is 0 Å². The van der Waals surface area contributed by atoms with Gasteiger partial charge >= 0.3 is 12.1 Å². The molecule has 0 N–H and O–H groups in total. The van der Waals surface area contributed by atoms with E-state index in [4.69, 9.17) is 0 Å². The molecule has 1 rings (SSSR count). The van der Waals surface area contributed by atoms with E-state index in [9.17, 15) is 22.0 Å². The van der Waals surface area contributed by atoms with Gasteiger partial charge in [0.2, 0.25) is 0 Å². The van der Waals surface area contributed by atoms with E-state index < -0.39 is 23.5 Å². The molecular weight excluding hydrogens is 209 g/mol. The standard InChI is InChI=1S/C6H6F5N3/c1-3-4(14(2)13-12-3)5(7,8)6(9,10)11/h1-2H3. The summed E-state index contributed by atoms with van der Waals surface area (Å²) in [7, 11) is 0.981. The average molecular weight is 215 g/mol. The fourth-order valence-corrected chi connectivity index (χ4v) is 1.03. The first-order chi connectivity index (χ1) is 6.18. The molecule has 0 saturated heterocycles. The summed E-state index contributed by atoms with van der Waals surface area (Å²) in [6, 6.07) is 0. The molecule has 0 amide bonds. The van der Waals surface area contributed by atoms with Crippen LogP contribution in [0.4, 0.5) is 22.0 Å². The van der Waals surface area contributed by atoms with Gasteiger partial charge in [-0.05, 0) is 6.92 Å². The molecule has 0 fully saturated rings. The zero-order valence-corrected chi connectivity index (χ0v) is 7.23. The predicted molar refractivity (Wildman–Crippen MR) is 35.7 cm³/mol. The van der Waals surface area contributed by atoms with Crippen molar-refractivity contribution in [2.75, 3.05) is 0 Å². The third-order valence-corrected chi connectivity index (χ3v) is 1.65. The number of alkyl halides is 5. The first-order valence-corrected chi connectivity index (χ1v) is 3.49. The van der Waals surface area contributed by atoms with E-state index in [0.717, 1.165) is 14.0 Å². The molecule has 8 heteroatoms. The molecule has 1 heterocycles. The van der Waals surface area contributed by atoms with Crippen molar-refractivity contribution in [3.63, 3.8) is 0 Å². The Morgan fingerprint density at radius 2 is 1.64 bits per heavy atom. The number of halogens is 5. The van der Waals surface area contributed by atoms with E-state index in [2.05, 4.69) is 10.3 Å². The molecule has 0 radical (unpaired) electrons. The van der Waals surface area contributed by atoms with Crippen LogP contribution in [0, 0.1) is 6.92 Å². The van der Waals surface area contributed by atoms with Gasteiger partial charge in [0.25, 0.3) is 0 Å². The third-order valence-electron chi connectivity index (χ3n) is 1.65. The monoisotopic (exact) mass is 215 g/mol. The van der Waals surface area contributed by atoms with Gasteiger partial charge in [0.15, 0.2) is 0 Å². The smallest absolute Gasteiger partial charge is 0.246 e. The molecule has 3 nitrogen and oxygen atoms in total. The van der Waals surface area contributed by atoms with Gasteiger partial charge in [-0.3, -0.25) is 0 Å². The molecule has 80 valence electrons. The Kier molecular flexibility index (Phi) is 2.24. The van der Waals surface area contributed by atoms with Crippen molar-refractivity contribution in [3.05, 3.63) is 11.4 Å². The van der Waals surface area contributed by atoms with Gasteiger partial charge in [-0.15, -0.1) is 5.10 Å². The van der Waals surface area contributed by atoms with Crippen molar-refractivity contribution < 1.29 is 22.0 Å². The highest BCUT2D eigenvalue weighted by Crippen LogP contribution is 2.44. The van der Waals surface area contributed by atoms with Crippen LogP contribution < -0.4 is 0 Å². The molecule has 0 saturated carbocycles. The largest absolute Gasteiger partial charge is 0.459 e. The van der Waals surface area contributed by atoms with E-state index in [1.165, 1.54) is 0 Å². The topological polar surface area (TPSA) is 30.7 Å². The summed E-state index contributed by atoms with van der Waals surface area (Å²) in [4.78, 5) is 0. The maximum absolute atomic E-state index is 12.8. The number of hydrogen-bond donors (Lipinski definition) is 0. The second kappa shape index (κ2) is 2.89. The number of aromatic nitrogens is 3. The lowest BCUT2D eigenvalue weighted by molar-refractivity contribution is -0.292. The van der Waals surface area contributed by atoms with E-state index in [1.54, 1.807) is 0 Å². The third kappa shape index (κ3) is 1.44. The summed E-state index contributed by atoms with van der Waals surface area (Å²) in [5.74, 6) is -4.92. The van der Waals surface area contributed by atoms with Crippen molar-refractivity contribution in [2.45, 2.75) is 19.0 Å². The second-order valence-corrected chi connectivity index (χ2v) is 2.72. The van der Waals surface area contributed by atoms with E-state index in [-0.39, 0.29) is 0 Å². The molecule has 0 aliphatic carbocycles. The molecule has 0 bridgehead atoms. The predicted octanol–water partition coefficient (Wildman–Crippen LogP) is 1.78. The van der Waals surface area contributed by atoms with Gasteiger partial charge in [0.05, 0.1) is 5.69 Å². The van der Waals surface area contributed by atoms with Crippen molar-refractivity contribution in [2.24, 2.45) is 7.05 Å². The Morgan fingerprint density at radius 1 is 1.14 bits per heavy atom. The van der Waals surface area contributed by atoms with Crippen molar-refractivity contribution >= 4 is 0 Å². The molecule has 0 aliphatic heterocycles. The number of hydrogen-bond acceptors (Lipinski definition) is 2. The van der Waals surface area contributed by atoms with Gasteiger partial charge < -0.3 is 0 Å². The summed E-state index contributed by atoms with van der Waals surface area (Å²) < 4.78 is 61.8. The zero-order chi connectivity index (χ0) is 11.1. The Balaban J connectivity index is 3.29. The SMILES string of the molecule is Cc1nnn(C)c1C(F)(F)C(F)(F)F. The number of rotatable bonds is 1. The molecule has 1 aromatic rings. The van der Waals surface area contributed by atoms with Crippen LogP contribution >= 0.6 is 0 Å². The lowest BCUT2D eigenvalue weighted by Gasteiger charge is -2.19. The maximum atomic E-state index is 12.8. The van der Waals surface area contributed by atoms with Crippen LogP contribution in [0.25, 0.3) is 0 Å². The molecular formula is C6H6F5N3. The Labute approximate surface area is 75.5 Å². The summed E-state index contributed by atoms with van der Waals surface area (Å²) in [6.45, 7) is 1.04. The Bertz CT molecular complexity index is 320. The summed E-state index contributed by atoms with van der Waals surface area (Å²) in [5, 5.41) is 6.21.